The van der Waals surface area contributed by atoms with Crippen LogP contribution in [0, 0.1) is 35.0 Å². The lowest BCUT2D eigenvalue weighted by Gasteiger charge is -2.63. The Morgan fingerprint density at radius 2 is 1.54 bits per heavy atom. The maximum absolute atomic E-state index is 13.5. The molecule has 3 heterocycles. The molecule has 1 N–H and O–H groups in total. The van der Waals surface area contributed by atoms with Crippen molar-refractivity contribution in [1.82, 2.24) is 20.2 Å². The first kappa shape index (κ1) is 33.5. The van der Waals surface area contributed by atoms with E-state index in [-0.39, 0.29) is 28.9 Å². The van der Waals surface area contributed by atoms with Gasteiger partial charge in [0, 0.05) is 80.0 Å². The number of hydrogen-bond donors (Lipinski definition) is 1. The van der Waals surface area contributed by atoms with E-state index in [1.165, 1.54) is 18.5 Å². The molecule has 1 aromatic heterocycles. The third-order valence-electron chi connectivity index (χ3n) is 10.8. The highest BCUT2D eigenvalue weighted by Crippen LogP contribution is 2.55. The third kappa shape index (κ3) is 6.79. The normalized spacial score (nSPS) is 22.4. The second-order valence-corrected chi connectivity index (χ2v) is 14.8. The zero-order valence-corrected chi connectivity index (χ0v) is 29.2. The molecule has 3 aliphatic rings. The summed E-state index contributed by atoms with van der Waals surface area (Å²) in [5, 5.41) is 12.6. The highest BCUT2D eigenvalue weighted by atomic mass is 16.5. The number of ether oxygens (including phenoxy) is 2. The van der Waals surface area contributed by atoms with Gasteiger partial charge < -0.3 is 24.6 Å². The fraction of sp³-hybridized carbons (Fsp3) is 0.526. The number of anilines is 2. The topological polar surface area (TPSA) is 107 Å². The van der Waals surface area contributed by atoms with Crippen LogP contribution in [-0.2, 0) is 0 Å². The molecule has 254 valence electrons. The lowest BCUT2D eigenvalue weighted by Crippen LogP contribution is -2.74. The van der Waals surface area contributed by atoms with E-state index in [2.05, 4.69) is 75.9 Å². The lowest BCUT2D eigenvalue weighted by atomic mass is 9.49. The quantitative estimate of drug-likeness (QED) is 0.329. The maximum atomic E-state index is 13.5. The number of amides is 1. The first-order valence-electron chi connectivity index (χ1n) is 17.2. The molecule has 1 amide bonds. The SMILES string of the molecule is COc1cc(OC2C(C)(C)C(NC(=O)c3ccc(N4CCC(CN5CCN(c6cnc(C)nc6)CC5)CC4)cc3)C2(C)C)ccc1C#N. The molecule has 48 heavy (non-hydrogen) atoms. The van der Waals surface area contributed by atoms with Crippen molar-refractivity contribution in [2.75, 3.05) is 62.7 Å². The van der Waals surface area contributed by atoms with Crippen molar-refractivity contribution >= 4 is 17.3 Å². The molecule has 0 bridgehead atoms. The first-order chi connectivity index (χ1) is 23.0. The van der Waals surface area contributed by atoms with E-state index in [0.29, 0.717) is 28.5 Å². The van der Waals surface area contributed by atoms with Crippen LogP contribution in [0.25, 0.3) is 0 Å². The van der Waals surface area contributed by atoms with E-state index in [9.17, 15) is 10.1 Å². The highest BCUT2D eigenvalue weighted by Gasteiger charge is 2.64. The Morgan fingerprint density at radius 1 is 0.917 bits per heavy atom. The average Bonchev–Trinajstić information content (AvgIpc) is 3.10. The molecular weight excluding hydrogens is 602 g/mol. The third-order valence-corrected chi connectivity index (χ3v) is 10.8. The number of benzene rings is 2. The Morgan fingerprint density at radius 3 is 2.15 bits per heavy atom. The van der Waals surface area contributed by atoms with Crippen molar-refractivity contribution in [3.05, 3.63) is 71.8 Å². The molecule has 1 saturated carbocycles. The number of piperidine rings is 1. The molecule has 10 heteroatoms. The van der Waals surface area contributed by atoms with E-state index < -0.39 is 0 Å². The van der Waals surface area contributed by atoms with Crippen LogP contribution in [0.3, 0.4) is 0 Å². The molecule has 0 radical (unpaired) electrons. The molecule has 2 saturated heterocycles. The van der Waals surface area contributed by atoms with Gasteiger partial charge >= 0.3 is 0 Å². The van der Waals surface area contributed by atoms with Gasteiger partial charge in [0.15, 0.2) is 0 Å². The van der Waals surface area contributed by atoms with Crippen LogP contribution in [0.2, 0.25) is 0 Å². The van der Waals surface area contributed by atoms with Crippen LogP contribution in [0.1, 0.15) is 62.3 Å². The first-order valence-corrected chi connectivity index (χ1v) is 17.2. The summed E-state index contributed by atoms with van der Waals surface area (Å²) in [7, 11) is 1.55. The lowest BCUT2D eigenvalue weighted by molar-refractivity contribution is -0.164. The van der Waals surface area contributed by atoms with E-state index in [1.807, 2.05) is 31.5 Å². The summed E-state index contributed by atoms with van der Waals surface area (Å²) < 4.78 is 11.8. The Kier molecular flexibility index (Phi) is 9.53. The number of piperazine rings is 1. The summed E-state index contributed by atoms with van der Waals surface area (Å²) in [6, 6.07) is 15.4. The van der Waals surface area contributed by atoms with Gasteiger partial charge in [-0.3, -0.25) is 9.69 Å². The number of rotatable bonds is 9. The Balaban J connectivity index is 0.973. The number of aryl methyl sites for hydroxylation is 1. The minimum atomic E-state index is -0.311. The molecule has 0 atom stereocenters. The molecular formula is C38H49N7O3. The summed E-state index contributed by atoms with van der Waals surface area (Å²) in [6.45, 7) is 17.8. The van der Waals surface area contributed by atoms with E-state index in [0.717, 1.165) is 57.3 Å². The zero-order chi connectivity index (χ0) is 34.1. The van der Waals surface area contributed by atoms with Crippen molar-refractivity contribution in [3.63, 3.8) is 0 Å². The van der Waals surface area contributed by atoms with Crippen LogP contribution < -0.4 is 24.6 Å². The summed E-state index contributed by atoms with van der Waals surface area (Å²) >= 11 is 0. The van der Waals surface area contributed by atoms with Crippen LogP contribution in [0.15, 0.2) is 54.9 Å². The van der Waals surface area contributed by atoms with Crippen molar-refractivity contribution in [1.29, 1.82) is 5.26 Å². The van der Waals surface area contributed by atoms with Gasteiger partial charge in [-0.05, 0) is 62.1 Å². The summed E-state index contributed by atoms with van der Waals surface area (Å²) in [4.78, 5) is 29.6. The number of aromatic nitrogens is 2. The predicted octanol–water partition coefficient (Wildman–Crippen LogP) is 5.32. The number of nitrogens with one attached hydrogen (secondary N) is 1. The second kappa shape index (κ2) is 13.6. The summed E-state index contributed by atoms with van der Waals surface area (Å²) in [5.74, 6) is 2.59. The number of hydrogen-bond acceptors (Lipinski definition) is 9. The standard InChI is InChI=1S/C38H49N7O3/c1-26-40-23-31(24-41-26)45-19-17-43(18-20-45)25-27-13-15-44(16-14-27)30-10-7-28(8-11-30)34(46)42-35-37(2,3)36(38(35,4)5)48-32-12-9-29(22-39)33(21-32)47-6/h7-12,21,23-24,27,35-36H,13-20,25H2,1-6H3,(H,42,46). The summed E-state index contributed by atoms with van der Waals surface area (Å²) in [5.41, 5.74) is 2.80. The Hall–Kier alpha value is -4.36. The van der Waals surface area contributed by atoms with Gasteiger partial charge in [-0.25, -0.2) is 9.97 Å². The largest absolute Gasteiger partial charge is 0.495 e. The van der Waals surface area contributed by atoms with Gasteiger partial charge in [-0.2, -0.15) is 5.26 Å². The molecule has 1 aliphatic carbocycles. The number of carbonyl (C=O) groups excluding carboxylic acids is 1. The van der Waals surface area contributed by atoms with Crippen molar-refractivity contribution < 1.29 is 14.3 Å². The van der Waals surface area contributed by atoms with Gasteiger partial charge in [0.1, 0.15) is 29.5 Å². The van der Waals surface area contributed by atoms with Gasteiger partial charge in [0.2, 0.25) is 0 Å². The van der Waals surface area contributed by atoms with Gasteiger partial charge in [0.25, 0.3) is 5.91 Å². The second-order valence-electron chi connectivity index (χ2n) is 14.8. The number of methoxy groups -OCH3 is 1. The van der Waals surface area contributed by atoms with E-state index in [1.54, 1.807) is 25.3 Å². The van der Waals surface area contributed by atoms with Crippen LogP contribution >= 0.6 is 0 Å². The number of carbonyl (C=O) groups is 1. The highest BCUT2D eigenvalue weighted by molar-refractivity contribution is 5.95. The molecule has 0 unspecified atom stereocenters. The van der Waals surface area contributed by atoms with Crippen LogP contribution in [0.4, 0.5) is 11.4 Å². The molecule has 0 spiro atoms. The maximum Gasteiger partial charge on any atom is 0.251 e. The van der Waals surface area contributed by atoms with E-state index in [4.69, 9.17) is 9.47 Å². The predicted molar refractivity (Wildman–Crippen MR) is 188 cm³/mol. The van der Waals surface area contributed by atoms with E-state index >= 15 is 0 Å². The smallest absolute Gasteiger partial charge is 0.251 e. The molecule has 2 aliphatic heterocycles. The molecule has 3 aromatic rings. The van der Waals surface area contributed by atoms with Crippen LogP contribution in [0.5, 0.6) is 11.5 Å². The summed E-state index contributed by atoms with van der Waals surface area (Å²) in [6.07, 6.45) is 6.09. The Labute approximate surface area is 285 Å². The Bertz CT molecular complexity index is 1600. The minimum Gasteiger partial charge on any atom is -0.495 e. The van der Waals surface area contributed by atoms with Crippen molar-refractivity contribution in [3.8, 4) is 17.6 Å². The molecule has 10 nitrogen and oxygen atoms in total. The zero-order valence-electron chi connectivity index (χ0n) is 29.2. The fourth-order valence-corrected chi connectivity index (χ4v) is 8.29. The van der Waals surface area contributed by atoms with Gasteiger partial charge in [0.05, 0.1) is 30.8 Å². The molecule has 2 aromatic carbocycles. The van der Waals surface area contributed by atoms with Crippen molar-refractivity contribution in [2.24, 2.45) is 16.7 Å². The molecule has 3 fully saturated rings. The van der Waals surface area contributed by atoms with Gasteiger partial charge in [-0.1, -0.05) is 27.7 Å². The number of nitriles is 1. The van der Waals surface area contributed by atoms with Crippen molar-refractivity contribution in [2.45, 2.75) is 59.6 Å². The fourth-order valence-electron chi connectivity index (χ4n) is 8.29. The molecule has 6 rings (SSSR count). The van der Waals surface area contributed by atoms with Crippen LogP contribution in [-0.4, -0.2) is 85.8 Å². The average molecular weight is 652 g/mol. The monoisotopic (exact) mass is 651 g/mol. The number of nitrogens with zero attached hydrogens (tertiary/aromatic N) is 6. The minimum absolute atomic E-state index is 0.0695. The van der Waals surface area contributed by atoms with Gasteiger partial charge in [-0.15, -0.1) is 0 Å².